The Labute approximate surface area is 77.1 Å². The first-order chi connectivity index (χ1) is 6.36. The molecule has 1 unspecified atom stereocenters. The van der Waals surface area contributed by atoms with Crippen LogP contribution in [0.4, 0.5) is 0 Å². The molecular weight excluding hydrogens is 164 g/mol. The zero-order valence-electron chi connectivity index (χ0n) is 7.27. The minimum absolute atomic E-state index is 0.451. The summed E-state index contributed by atoms with van der Waals surface area (Å²) in [5.41, 5.74) is 1.03. The summed E-state index contributed by atoms with van der Waals surface area (Å²) in [6.45, 7) is 0.693. The molecule has 0 aromatic heterocycles. The monoisotopic (exact) mass is 176 g/mol. The summed E-state index contributed by atoms with van der Waals surface area (Å²) in [6.07, 6.45) is 0.240. The number of nitrogens with zero attached hydrogens (tertiary/aromatic N) is 1. The molecule has 13 heavy (non-hydrogen) atoms. The second-order valence-corrected chi connectivity index (χ2v) is 3.05. The molecule has 0 fully saturated rings. The molecule has 0 saturated carbocycles. The highest BCUT2D eigenvalue weighted by molar-refractivity contribution is 5.99. The number of benzene rings is 1. The molecule has 1 aromatic carbocycles. The summed E-state index contributed by atoms with van der Waals surface area (Å²) >= 11 is 0. The highest BCUT2D eigenvalue weighted by Crippen LogP contribution is 2.05. The smallest absolute Gasteiger partial charge is 0.130 e. The van der Waals surface area contributed by atoms with Gasteiger partial charge in [0.15, 0.2) is 0 Å². The molecule has 0 saturated heterocycles. The first-order valence-corrected chi connectivity index (χ1v) is 4.41. The van der Waals surface area contributed by atoms with Crippen LogP contribution in [0.3, 0.4) is 0 Å². The third-order valence-corrected chi connectivity index (χ3v) is 2.02. The van der Waals surface area contributed by atoms with Crippen molar-refractivity contribution in [3.8, 4) is 0 Å². The van der Waals surface area contributed by atoms with Crippen molar-refractivity contribution < 1.29 is 5.11 Å². The average Bonchev–Trinajstić information content (AvgIpc) is 2.19. The van der Waals surface area contributed by atoms with Gasteiger partial charge in [-0.25, -0.2) is 0 Å². The molecule has 1 aromatic rings. The fraction of sp³-hybridized carbons (Fsp3) is 0.300. The summed E-state index contributed by atoms with van der Waals surface area (Å²) < 4.78 is 0. The SMILES string of the molecule is OC1CCN=C(c2ccccc2)N1. The van der Waals surface area contributed by atoms with Crippen molar-refractivity contribution in [2.45, 2.75) is 12.6 Å². The Balaban J connectivity index is 2.22. The molecule has 1 atom stereocenters. The van der Waals surface area contributed by atoms with Gasteiger partial charge in [-0.2, -0.15) is 0 Å². The van der Waals surface area contributed by atoms with Gasteiger partial charge in [0.05, 0.1) is 0 Å². The molecule has 2 N–H and O–H groups in total. The van der Waals surface area contributed by atoms with E-state index in [1.807, 2.05) is 30.3 Å². The van der Waals surface area contributed by atoms with Gasteiger partial charge in [-0.15, -0.1) is 0 Å². The van der Waals surface area contributed by atoms with E-state index in [9.17, 15) is 5.11 Å². The zero-order chi connectivity index (χ0) is 9.10. The maximum absolute atomic E-state index is 9.35. The first-order valence-electron chi connectivity index (χ1n) is 4.41. The van der Waals surface area contributed by atoms with Crippen LogP contribution in [-0.4, -0.2) is 23.7 Å². The third kappa shape index (κ3) is 1.87. The van der Waals surface area contributed by atoms with Gasteiger partial charge in [0.25, 0.3) is 0 Å². The van der Waals surface area contributed by atoms with E-state index >= 15 is 0 Å². The van der Waals surface area contributed by atoms with Crippen LogP contribution in [0.5, 0.6) is 0 Å². The number of rotatable bonds is 1. The number of aliphatic hydroxyl groups excluding tert-OH is 1. The van der Waals surface area contributed by atoms with E-state index in [2.05, 4.69) is 10.3 Å². The molecule has 0 spiro atoms. The molecule has 0 amide bonds. The molecule has 0 aliphatic carbocycles. The van der Waals surface area contributed by atoms with Gasteiger partial charge in [-0.1, -0.05) is 30.3 Å². The highest BCUT2D eigenvalue weighted by Gasteiger charge is 2.12. The summed E-state index contributed by atoms with van der Waals surface area (Å²) in [7, 11) is 0. The van der Waals surface area contributed by atoms with Gasteiger partial charge in [-0.05, 0) is 0 Å². The lowest BCUT2D eigenvalue weighted by Gasteiger charge is -2.20. The molecule has 3 heteroatoms. The number of amidine groups is 1. The number of hydrogen-bond acceptors (Lipinski definition) is 3. The highest BCUT2D eigenvalue weighted by atomic mass is 16.3. The minimum Gasteiger partial charge on any atom is -0.374 e. The number of aliphatic hydroxyl groups is 1. The van der Waals surface area contributed by atoms with Gasteiger partial charge in [0, 0.05) is 18.5 Å². The Morgan fingerprint density at radius 2 is 2.08 bits per heavy atom. The van der Waals surface area contributed by atoms with Crippen molar-refractivity contribution in [1.82, 2.24) is 5.32 Å². The normalized spacial score (nSPS) is 21.9. The van der Waals surface area contributed by atoms with Crippen LogP contribution in [0, 0.1) is 0 Å². The van der Waals surface area contributed by atoms with Crippen LogP contribution >= 0.6 is 0 Å². The summed E-state index contributed by atoms with van der Waals surface area (Å²) in [5.74, 6) is 0.791. The van der Waals surface area contributed by atoms with Gasteiger partial charge in [-0.3, -0.25) is 4.99 Å². The van der Waals surface area contributed by atoms with Gasteiger partial charge in [0.2, 0.25) is 0 Å². The zero-order valence-corrected chi connectivity index (χ0v) is 7.27. The van der Waals surface area contributed by atoms with Gasteiger partial charge >= 0.3 is 0 Å². The lowest BCUT2D eigenvalue weighted by molar-refractivity contribution is 0.148. The molecule has 3 nitrogen and oxygen atoms in total. The standard InChI is InChI=1S/C10H12N2O/c13-9-6-7-11-10(12-9)8-4-2-1-3-5-8/h1-5,9,13H,6-7H2,(H,11,12). The molecule has 0 bridgehead atoms. The van der Waals surface area contributed by atoms with E-state index in [4.69, 9.17) is 0 Å². The largest absolute Gasteiger partial charge is 0.374 e. The van der Waals surface area contributed by atoms with Crippen molar-refractivity contribution in [3.63, 3.8) is 0 Å². The molecule has 1 heterocycles. The molecule has 2 rings (SSSR count). The summed E-state index contributed by atoms with van der Waals surface area (Å²) in [5, 5.41) is 12.3. The molecule has 1 aliphatic rings. The van der Waals surface area contributed by atoms with E-state index in [1.165, 1.54) is 0 Å². The van der Waals surface area contributed by atoms with E-state index in [1.54, 1.807) is 0 Å². The Morgan fingerprint density at radius 1 is 1.31 bits per heavy atom. The molecule has 0 radical (unpaired) electrons. The second kappa shape index (κ2) is 3.58. The maximum atomic E-state index is 9.35. The van der Waals surface area contributed by atoms with E-state index < -0.39 is 6.23 Å². The van der Waals surface area contributed by atoms with E-state index in [0.29, 0.717) is 13.0 Å². The fourth-order valence-corrected chi connectivity index (χ4v) is 1.34. The van der Waals surface area contributed by atoms with Crippen LogP contribution in [0.1, 0.15) is 12.0 Å². The second-order valence-electron chi connectivity index (χ2n) is 3.05. The van der Waals surface area contributed by atoms with Crippen LogP contribution in [0.2, 0.25) is 0 Å². The predicted molar refractivity (Wildman–Crippen MR) is 51.6 cm³/mol. The molecular formula is C10H12N2O. The van der Waals surface area contributed by atoms with Gasteiger partial charge in [0.1, 0.15) is 12.1 Å². The average molecular weight is 176 g/mol. The van der Waals surface area contributed by atoms with E-state index in [0.717, 1.165) is 11.4 Å². The first kappa shape index (κ1) is 8.26. The third-order valence-electron chi connectivity index (χ3n) is 2.02. The van der Waals surface area contributed by atoms with Crippen molar-refractivity contribution in [2.24, 2.45) is 4.99 Å². The van der Waals surface area contributed by atoms with Crippen LogP contribution < -0.4 is 5.32 Å². The Kier molecular flexibility index (Phi) is 2.27. The Bertz CT molecular complexity index is 308. The fourth-order valence-electron chi connectivity index (χ4n) is 1.34. The Morgan fingerprint density at radius 3 is 2.77 bits per heavy atom. The van der Waals surface area contributed by atoms with Crippen LogP contribution in [0.25, 0.3) is 0 Å². The van der Waals surface area contributed by atoms with Crippen molar-refractivity contribution in [2.75, 3.05) is 6.54 Å². The predicted octanol–water partition coefficient (Wildman–Crippen LogP) is 0.745. The van der Waals surface area contributed by atoms with Crippen molar-refractivity contribution in [1.29, 1.82) is 0 Å². The minimum atomic E-state index is -0.451. The van der Waals surface area contributed by atoms with Crippen molar-refractivity contribution in [3.05, 3.63) is 35.9 Å². The maximum Gasteiger partial charge on any atom is 0.130 e. The number of aliphatic imine (C=N–C) groups is 1. The molecule has 1 aliphatic heterocycles. The number of nitrogens with one attached hydrogen (secondary N) is 1. The number of hydrogen-bond donors (Lipinski definition) is 2. The quantitative estimate of drug-likeness (QED) is 0.663. The lowest BCUT2D eigenvalue weighted by Crippen LogP contribution is -2.39. The summed E-state index contributed by atoms with van der Waals surface area (Å²) in [4.78, 5) is 4.30. The lowest BCUT2D eigenvalue weighted by atomic mass is 10.2. The van der Waals surface area contributed by atoms with E-state index in [-0.39, 0.29) is 0 Å². The molecule has 68 valence electrons. The topological polar surface area (TPSA) is 44.6 Å². The van der Waals surface area contributed by atoms with Crippen LogP contribution in [0.15, 0.2) is 35.3 Å². The van der Waals surface area contributed by atoms with Crippen LogP contribution in [-0.2, 0) is 0 Å². The summed E-state index contributed by atoms with van der Waals surface area (Å²) in [6, 6.07) is 9.83. The Hall–Kier alpha value is -1.35. The van der Waals surface area contributed by atoms with Gasteiger partial charge < -0.3 is 10.4 Å². The van der Waals surface area contributed by atoms with Crippen molar-refractivity contribution >= 4 is 5.84 Å².